The Hall–Kier alpha value is -1.57. The van der Waals surface area contributed by atoms with Crippen LogP contribution >= 0.6 is 0 Å². The minimum Gasteiger partial charge on any atom is -0.467 e. The van der Waals surface area contributed by atoms with Crippen molar-refractivity contribution in [1.82, 2.24) is 4.90 Å². The van der Waals surface area contributed by atoms with E-state index in [-0.39, 0.29) is 29.6 Å². The second kappa shape index (κ2) is 8.17. The first-order chi connectivity index (χ1) is 10.3. The van der Waals surface area contributed by atoms with Crippen molar-refractivity contribution in [3.63, 3.8) is 0 Å². The summed E-state index contributed by atoms with van der Waals surface area (Å²) >= 11 is 0. The molecule has 1 aliphatic carbocycles. The number of hydrogen-bond acceptors (Lipinski definition) is 4. The largest absolute Gasteiger partial charge is 0.467 e. The van der Waals surface area contributed by atoms with E-state index in [4.69, 9.17) is 10.00 Å². The van der Waals surface area contributed by atoms with E-state index >= 15 is 0 Å². The van der Waals surface area contributed by atoms with Crippen LogP contribution in [0.2, 0.25) is 0 Å². The van der Waals surface area contributed by atoms with E-state index in [1.807, 2.05) is 6.07 Å². The zero-order valence-electron chi connectivity index (χ0n) is 14.2. The van der Waals surface area contributed by atoms with Crippen LogP contribution in [0.1, 0.15) is 59.3 Å². The summed E-state index contributed by atoms with van der Waals surface area (Å²) in [7, 11) is 1.36. The van der Waals surface area contributed by atoms with Gasteiger partial charge in [-0.3, -0.25) is 4.79 Å². The fourth-order valence-corrected chi connectivity index (χ4v) is 3.01. The summed E-state index contributed by atoms with van der Waals surface area (Å²) in [4.78, 5) is 26.2. The van der Waals surface area contributed by atoms with Crippen LogP contribution < -0.4 is 0 Å². The van der Waals surface area contributed by atoms with Gasteiger partial charge in [0, 0.05) is 6.54 Å². The van der Waals surface area contributed by atoms with Crippen molar-refractivity contribution >= 4 is 11.9 Å². The van der Waals surface area contributed by atoms with Crippen molar-refractivity contribution in [2.75, 3.05) is 13.7 Å². The van der Waals surface area contributed by atoms with E-state index in [0.717, 1.165) is 32.1 Å². The number of carbonyl (C=O) groups excluding carboxylic acids is 2. The Labute approximate surface area is 133 Å². The second-order valence-electron chi connectivity index (χ2n) is 7.25. The monoisotopic (exact) mass is 308 g/mol. The number of nitriles is 1. The van der Waals surface area contributed by atoms with E-state index in [9.17, 15) is 9.59 Å². The molecule has 0 N–H and O–H groups in total. The Kier molecular flexibility index (Phi) is 6.86. The maximum atomic E-state index is 12.4. The molecule has 1 saturated carbocycles. The van der Waals surface area contributed by atoms with Gasteiger partial charge < -0.3 is 9.64 Å². The summed E-state index contributed by atoms with van der Waals surface area (Å²) < 4.78 is 4.95. The fourth-order valence-electron chi connectivity index (χ4n) is 3.01. The molecule has 1 fully saturated rings. The molecule has 0 heterocycles. The van der Waals surface area contributed by atoms with Crippen LogP contribution in [0.25, 0.3) is 0 Å². The fraction of sp³-hybridized carbons (Fsp3) is 0.824. The number of hydrogen-bond donors (Lipinski definition) is 0. The molecule has 0 saturated heterocycles. The highest BCUT2D eigenvalue weighted by Crippen LogP contribution is 2.32. The topological polar surface area (TPSA) is 70.4 Å². The highest BCUT2D eigenvalue weighted by molar-refractivity contribution is 5.85. The molecular formula is C17H28N2O3. The van der Waals surface area contributed by atoms with Gasteiger partial charge in [0.25, 0.3) is 0 Å². The molecule has 22 heavy (non-hydrogen) atoms. The highest BCUT2D eigenvalue weighted by atomic mass is 16.5. The van der Waals surface area contributed by atoms with Crippen LogP contribution in [0.15, 0.2) is 0 Å². The quantitative estimate of drug-likeness (QED) is 0.707. The van der Waals surface area contributed by atoms with Gasteiger partial charge in [-0.05, 0) is 30.6 Å². The molecular weight excluding hydrogens is 280 g/mol. The van der Waals surface area contributed by atoms with E-state index in [1.54, 1.807) is 4.90 Å². The summed E-state index contributed by atoms with van der Waals surface area (Å²) in [6, 6.07) is 1.36. The van der Waals surface area contributed by atoms with Gasteiger partial charge in [0.1, 0.15) is 12.5 Å². The molecule has 0 aromatic rings. The van der Waals surface area contributed by atoms with Crippen molar-refractivity contribution in [3.05, 3.63) is 0 Å². The van der Waals surface area contributed by atoms with E-state index in [0.29, 0.717) is 6.54 Å². The number of methoxy groups -OCH3 is 1. The van der Waals surface area contributed by atoms with E-state index in [2.05, 4.69) is 20.8 Å². The lowest BCUT2D eigenvalue weighted by atomic mass is 9.90. The zero-order chi connectivity index (χ0) is 16.8. The number of nitrogens with zero attached hydrogens (tertiary/aromatic N) is 2. The average Bonchev–Trinajstić information content (AvgIpc) is 2.95. The number of ether oxygens (including phenoxy) is 1. The van der Waals surface area contributed by atoms with Crippen molar-refractivity contribution in [2.45, 2.75) is 65.3 Å². The molecule has 5 heteroatoms. The van der Waals surface area contributed by atoms with Gasteiger partial charge in [-0.1, -0.05) is 33.6 Å². The number of rotatable bonds is 6. The number of esters is 1. The SMILES string of the molecule is COC(=O)[C@H](C1CCCC1)N(CCC(C)(C)C)C(=O)CC#N. The molecule has 124 valence electrons. The molecule has 0 bridgehead atoms. The zero-order valence-corrected chi connectivity index (χ0v) is 14.2. The first-order valence-electron chi connectivity index (χ1n) is 8.04. The first-order valence-corrected chi connectivity index (χ1v) is 8.04. The van der Waals surface area contributed by atoms with Gasteiger partial charge in [0.15, 0.2) is 0 Å². The Balaban J connectivity index is 2.98. The molecule has 1 amide bonds. The van der Waals surface area contributed by atoms with Crippen molar-refractivity contribution in [1.29, 1.82) is 5.26 Å². The van der Waals surface area contributed by atoms with Crippen LogP contribution in [-0.4, -0.2) is 36.5 Å². The summed E-state index contributed by atoms with van der Waals surface area (Å²) in [6.45, 7) is 6.79. The van der Waals surface area contributed by atoms with Gasteiger partial charge in [0.2, 0.25) is 5.91 Å². The standard InChI is InChI=1S/C17H28N2O3/c1-17(2,3)10-12-19(14(20)9-11-18)15(16(21)22-4)13-7-5-6-8-13/h13,15H,5-10,12H2,1-4H3/t15-/m0/s1. The van der Waals surface area contributed by atoms with Crippen LogP contribution in [0.5, 0.6) is 0 Å². The number of amides is 1. The molecule has 0 unspecified atom stereocenters. The van der Waals surface area contributed by atoms with Gasteiger partial charge in [-0.25, -0.2) is 4.79 Å². The molecule has 1 aliphatic rings. The molecule has 0 aliphatic heterocycles. The van der Waals surface area contributed by atoms with Crippen molar-refractivity contribution in [3.8, 4) is 6.07 Å². The van der Waals surface area contributed by atoms with Crippen LogP contribution in [0.4, 0.5) is 0 Å². The van der Waals surface area contributed by atoms with Crippen LogP contribution in [-0.2, 0) is 14.3 Å². The van der Waals surface area contributed by atoms with Crippen LogP contribution in [0, 0.1) is 22.7 Å². The van der Waals surface area contributed by atoms with Crippen LogP contribution in [0.3, 0.4) is 0 Å². The second-order valence-corrected chi connectivity index (χ2v) is 7.25. The van der Waals surface area contributed by atoms with E-state index < -0.39 is 6.04 Å². The summed E-state index contributed by atoms with van der Waals surface area (Å²) in [5, 5.41) is 8.84. The van der Waals surface area contributed by atoms with Crippen molar-refractivity contribution in [2.24, 2.45) is 11.3 Å². The molecule has 0 aromatic heterocycles. The normalized spacial score (nSPS) is 16.9. The lowest BCUT2D eigenvalue weighted by molar-refractivity contribution is -0.155. The Morgan fingerprint density at radius 3 is 2.36 bits per heavy atom. The van der Waals surface area contributed by atoms with Gasteiger partial charge in [0.05, 0.1) is 13.2 Å². The molecule has 1 atom stereocenters. The maximum absolute atomic E-state index is 12.4. The first kappa shape index (κ1) is 18.5. The maximum Gasteiger partial charge on any atom is 0.328 e. The third-order valence-corrected chi connectivity index (χ3v) is 4.28. The Bertz CT molecular complexity index is 428. The molecule has 0 spiro atoms. The summed E-state index contributed by atoms with van der Waals surface area (Å²) in [5.41, 5.74) is 0.0571. The van der Waals surface area contributed by atoms with Gasteiger partial charge in [-0.15, -0.1) is 0 Å². The lowest BCUT2D eigenvalue weighted by Gasteiger charge is -2.35. The van der Waals surface area contributed by atoms with E-state index in [1.165, 1.54) is 7.11 Å². The van der Waals surface area contributed by atoms with Crippen molar-refractivity contribution < 1.29 is 14.3 Å². The number of carbonyl (C=O) groups is 2. The average molecular weight is 308 g/mol. The van der Waals surface area contributed by atoms with Gasteiger partial charge in [-0.2, -0.15) is 5.26 Å². The predicted octanol–water partition coefficient (Wildman–Crippen LogP) is 2.90. The highest BCUT2D eigenvalue weighted by Gasteiger charge is 2.38. The lowest BCUT2D eigenvalue weighted by Crippen LogP contribution is -2.50. The molecule has 5 nitrogen and oxygen atoms in total. The smallest absolute Gasteiger partial charge is 0.328 e. The third kappa shape index (κ3) is 5.32. The minimum absolute atomic E-state index is 0.0571. The Morgan fingerprint density at radius 1 is 1.32 bits per heavy atom. The predicted molar refractivity (Wildman–Crippen MR) is 83.8 cm³/mol. The molecule has 1 rings (SSSR count). The summed E-state index contributed by atoms with van der Waals surface area (Å²) in [6.07, 6.45) is 4.63. The minimum atomic E-state index is -0.546. The summed E-state index contributed by atoms with van der Waals surface area (Å²) in [5.74, 6) is -0.476. The molecule has 0 aromatic carbocycles. The van der Waals surface area contributed by atoms with Gasteiger partial charge >= 0.3 is 5.97 Å². The molecule has 0 radical (unpaired) electrons. The third-order valence-electron chi connectivity index (χ3n) is 4.28. The Morgan fingerprint density at radius 2 is 1.91 bits per heavy atom.